The molecule has 0 unspecified atom stereocenters. The number of piperidine rings is 1. The number of carbonyl (C=O) groups is 1. The van der Waals surface area contributed by atoms with Gasteiger partial charge in [-0.2, -0.15) is 0 Å². The molecule has 1 aromatic rings. The third kappa shape index (κ3) is 3.67. The molecule has 1 amide bonds. The van der Waals surface area contributed by atoms with Crippen LogP contribution in [0.2, 0.25) is 0 Å². The molecule has 136 valence electrons. The van der Waals surface area contributed by atoms with Crippen molar-refractivity contribution in [3.63, 3.8) is 0 Å². The van der Waals surface area contributed by atoms with Crippen LogP contribution in [0.25, 0.3) is 0 Å². The molecule has 3 heterocycles. The van der Waals surface area contributed by atoms with Crippen LogP contribution >= 0.6 is 0 Å². The van der Waals surface area contributed by atoms with Crippen LogP contribution in [0, 0.1) is 19.8 Å². The highest BCUT2D eigenvalue weighted by molar-refractivity contribution is 5.80. The summed E-state index contributed by atoms with van der Waals surface area (Å²) in [6.45, 7) is 9.53. The minimum atomic E-state index is -0.00930. The fourth-order valence-electron chi connectivity index (χ4n) is 4.58. The van der Waals surface area contributed by atoms with E-state index >= 15 is 0 Å². The second kappa shape index (κ2) is 6.96. The molecular formula is C20H29N3O2. The number of rotatable bonds is 2. The second-order valence-electron chi connectivity index (χ2n) is 7.96. The van der Waals surface area contributed by atoms with E-state index in [-0.39, 0.29) is 17.9 Å². The van der Waals surface area contributed by atoms with E-state index in [1.165, 1.54) is 29.7 Å². The van der Waals surface area contributed by atoms with Crippen LogP contribution in [0.3, 0.4) is 0 Å². The summed E-state index contributed by atoms with van der Waals surface area (Å²) in [5, 5.41) is 3.14. The molecule has 0 spiro atoms. The zero-order chi connectivity index (χ0) is 17.4. The fraction of sp³-hybridized carbons (Fsp3) is 0.650. The smallest absolute Gasteiger partial charge is 0.227 e. The molecule has 25 heavy (non-hydrogen) atoms. The first-order valence-corrected chi connectivity index (χ1v) is 9.54. The molecule has 3 fully saturated rings. The van der Waals surface area contributed by atoms with Crippen LogP contribution in [-0.4, -0.2) is 62.3 Å². The van der Waals surface area contributed by atoms with Crippen molar-refractivity contribution in [2.24, 2.45) is 5.92 Å². The van der Waals surface area contributed by atoms with Crippen molar-refractivity contribution >= 4 is 11.6 Å². The maximum atomic E-state index is 12.2. The van der Waals surface area contributed by atoms with Crippen molar-refractivity contribution in [1.29, 1.82) is 0 Å². The molecule has 3 aliphatic heterocycles. The summed E-state index contributed by atoms with van der Waals surface area (Å²) in [5.74, 6) is 0.169. The molecule has 2 bridgehead atoms. The monoisotopic (exact) mass is 343 g/mol. The summed E-state index contributed by atoms with van der Waals surface area (Å²) >= 11 is 0. The van der Waals surface area contributed by atoms with E-state index in [2.05, 4.69) is 47.2 Å². The number of benzene rings is 1. The molecule has 3 aliphatic rings. The number of anilines is 1. The van der Waals surface area contributed by atoms with Gasteiger partial charge in [0, 0.05) is 37.9 Å². The summed E-state index contributed by atoms with van der Waals surface area (Å²) in [4.78, 5) is 17.3. The lowest BCUT2D eigenvalue weighted by Crippen LogP contribution is -2.50. The van der Waals surface area contributed by atoms with Crippen molar-refractivity contribution in [3.8, 4) is 0 Å². The van der Waals surface area contributed by atoms with Crippen molar-refractivity contribution in [1.82, 2.24) is 10.2 Å². The molecule has 5 nitrogen and oxygen atoms in total. The summed E-state index contributed by atoms with van der Waals surface area (Å²) < 4.78 is 5.65. The van der Waals surface area contributed by atoms with Crippen LogP contribution in [0.5, 0.6) is 0 Å². The third-order valence-electron chi connectivity index (χ3n) is 5.82. The van der Waals surface area contributed by atoms with Gasteiger partial charge in [-0.1, -0.05) is 6.07 Å². The summed E-state index contributed by atoms with van der Waals surface area (Å²) in [7, 11) is 0. The Morgan fingerprint density at radius 2 is 1.76 bits per heavy atom. The normalized spacial score (nSPS) is 28.6. The summed E-state index contributed by atoms with van der Waals surface area (Å²) in [6, 6.07) is 7.56. The predicted octanol–water partition coefficient (Wildman–Crippen LogP) is 1.72. The van der Waals surface area contributed by atoms with Crippen molar-refractivity contribution in [3.05, 3.63) is 29.3 Å². The fourth-order valence-corrected chi connectivity index (χ4v) is 4.58. The van der Waals surface area contributed by atoms with Gasteiger partial charge in [0.05, 0.1) is 25.2 Å². The number of hydrogen-bond donors (Lipinski definition) is 1. The Balaban J connectivity index is 1.41. The van der Waals surface area contributed by atoms with Gasteiger partial charge in [-0.15, -0.1) is 0 Å². The van der Waals surface area contributed by atoms with Gasteiger partial charge in [0.15, 0.2) is 0 Å². The molecule has 2 atom stereocenters. The zero-order valence-corrected chi connectivity index (χ0v) is 15.3. The lowest BCUT2D eigenvalue weighted by atomic mass is 9.99. The number of aryl methyl sites for hydroxylation is 2. The minimum absolute atomic E-state index is 0.00930. The number of hydrogen-bond acceptors (Lipinski definition) is 4. The average Bonchev–Trinajstić information content (AvgIpc) is 2.82. The Bertz CT molecular complexity index is 620. The quantitative estimate of drug-likeness (QED) is 0.888. The highest BCUT2D eigenvalue weighted by Gasteiger charge is 2.36. The highest BCUT2D eigenvalue weighted by Crippen LogP contribution is 2.26. The van der Waals surface area contributed by atoms with Gasteiger partial charge in [0.2, 0.25) is 5.91 Å². The molecule has 5 heteroatoms. The minimum Gasteiger partial charge on any atom is -0.378 e. The van der Waals surface area contributed by atoms with Crippen molar-refractivity contribution in [2.75, 3.05) is 44.3 Å². The number of nitrogens with zero attached hydrogens (tertiary/aromatic N) is 2. The Hall–Kier alpha value is -1.59. The SMILES string of the molecule is Cc1cc(C)cc(N2CCC(N3C[C@H]4COC[C@@H](C3)C(=O)N4)CC2)c1. The zero-order valence-electron chi connectivity index (χ0n) is 15.3. The van der Waals surface area contributed by atoms with Gasteiger partial charge in [0.1, 0.15) is 0 Å². The molecular weight excluding hydrogens is 314 g/mol. The topological polar surface area (TPSA) is 44.8 Å². The van der Waals surface area contributed by atoms with E-state index in [9.17, 15) is 4.79 Å². The molecule has 3 saturated heterocycles. The lowest BCUT2D eigenvalue weighted by Gasteiger charge is -2.41. The maximum Gasteiger partial charge on any atom is 0.227 e. The number of fused-ring (bicyclic) bond motifs is 3. The maximum absolute atomic E-state index is 12.2. The average molecular weight is 343 g/mol. The van der Waals surface area contributed by atoms with E-state index in [4.69, 9.17) is 4.74 Å². The molecule has 0 aromatic heterocycles. The third-order valence-corrected chi connectivity index (χ3v) is 5.82. The Labute approximate surface area is 150 Å². The predicted molar refractivity (Wildman–Crippen MR) is 99.0 cm³/mol. The molecule has 0 saturated carbocycles. The Kier molecular flexibility index (Phi) is 4.69. The van der Waals surface area contributed by atoms with E-state index in [0.717, 1.165) is 26.2 Å². The number of ether oxygens (including phenoxy) is 1. The van der Waals surface area contributed by atoms with Gasteiger partial charge in [0.25, 0.3) is 0 Å². The van der Waals surface area contributed by atoms with Gasteiger partial charge < -0.3 is 15.0 Å². The Morgan fingerprint density at radius 3 is 2.48 bits per heavy atom. The number of nitrogens with one attached hydrogen (secondary N) is 1. The lowest BCUT2D eigenvalue weighted by molar-refractivity contribution is -0.125. The highest BCUT2D eigenvalue weighted by atomic mass is 16.5. The van der Waals surface area contributed by atoms with E-state index < -0.39 is 0 Å². The van der Waals surface area contributed by atoms with E-state index in [0.29, 0.717) is 19.3 Å². The molecule has 1 N–H and O–H groups in total. The van der Waals surface area contributed by atoms with Crippen molar-refractivity contribution < 1.29 is 9.53 Å². The molecule has 1 aromatic carbocycles. The van der Waals surface area contributed by atoms with E-state index in [1.807, 2.05) is 0 Å². The standard InChI is InChI=1S/C20H29N3O2/c1-14-7-15(2)9-19(8-14)22-5-3-18(4-6-22)23-10-16-12-25-13-17(11-23)21-20(16)24/h7-9,16-18H,3-6,10-13H2,1-2H3,(H,21,24)/t16-,17+/m1/s1. The Morgan fingerprint density at radius 1 is 1.04 bits per heavy atom. The van der Waals surface area contributed by atoms with Crippen LogP contribution in [0.1, 0.15) is 24.0 Å². The largest absolute Gasteiger partial charge is 0.378 e. The first-order chi connectivity index (χ1) is 12.1. The van der Waals surface area contributed by atoms with Gasteiger partial charge >= 0.3 is 0 Å². The van der Waals surface area contributed by atoms with Crippen molar-refractivity contribution in [2.45, 2.75) is 38.8 Å². The number of amides is 1. The van der Waals surface area contributed by atoms with Gasteiger partial charge in [-0.05, 0) is 49.9 Å². The van der Waals surface area contributed by atoms with Gasteiger partial charge in [-0.3, -0.25) is 9.69 Å². The summed E-state index contributed by atoms with van der Waals surface area (Å²) in [5.41, 5.74) is 4.03. The van der Waals surface area contributed by atoms with Crippen LogP contribution in [0.15, 0.2) is 18.2 Å². The first-order valence-electron chi connectivity index (χ1n) is 9.54. The first kappa shape index (κ1) is 16.9. The van der Waals surface area contributed by atoms with Crippen LogP contribution in [-0.2, 0) is 9.53 Å². The van der Waals surface area contributed by atoms with Crippen LogP contribution < -0.4 is 10.2 Å². The summed E-state index contributed by atoms with van der Waals surface area (Å²) in [6.07, 6.45) is 2.34. The molecule has 4 rings (SSSR count). The molecule has 0 aliphatic carbocycles. The number of carbonyl (C=O) groups excluding carboxylic acids is 1. The van der Waals surface area contributed by atoms with E-state index in [1.54, 1.807) is 0 Å². The van der Waals surface area contributed by atoms with Gasteiger partial charge in [-0.25, -0.2) is 0 Å². The van der Waals surface area contributed by atoms with Crippen LogP contribution in [0.4, 0.5) is 5.69 Å². The molecule has 0 radical (unpaired) electrons. The second-order valence-corrected chi connectivity index (χ2v) is 7.96.